The lowest BCUT2D eigenvalue weighted by atomic mass is 9.96. The second-order valence-corrected chi connectivity index (χ2v) is 6.80. The number of amides is 1. The van der Waals surface area contributed by atoms with Gasteiger partial charge in [0.2, 0.25) is 0 Å². The fraction of sp³-hybridized carbons (Fsp3) is 0.400. The maximum absolute atomic E-state index is 12.5. The van der Waals surface area contributed by atoms with Gasteiger partial charge in [-0.1, -0.05) is 17.7 Å². The van der Waals surface area contributed by atoms with Crippen molar-refractivity contribution in [3.05, 3.63) is 53.0 Å². The molecule has 0 aliphatic carbocycles. The number of anilines is 1. The normalized spacial score (nSPS) is 14.7. The molecule has 6 nitrogen and oxygen atoms in total. The molecule has 134 valence electrons. The largest absolute Gasteiger partial charge is 0.354 e. The number of nitrogens with one attached hydrogen (secondary N) is 1. The summed E-state index contributed by atoms with van der Waals surface area (Å²) < 4.78 is 0. The van der Waals surface area contributed by atoms with E-state index in [1.165, 1.54) is 6.20 Å². The van der Waals surface area contributed by atoms with Gasteiger partial charge in [-0.2, -0.15) is 5.26 Å². The second kappa shape index (κ2) is 7.96. The van der Waals surface area contributed by atoms with Gasteiger partial charge in [-0.05, 0) is 44.2 Å². The maximum Gasteiger partial charge on any atom is 0.251 e. The van der Waals surface area contributed by atoms with E-state index >= 15 is 0 Å². The Labute approximate surface area is 153 Å². The Hall–Kier alpha value is -2.94. The molecular formula is C20H23N5O. The monoisotopic (exact) mass is 349 g/mol. The molecule has 1 amide bonds. The molecule has 6 heteroatoms. The molecule has 0 atom stereocenters. The number of carbonyl (C=O) groups excluding carboxylic acids is 1. The lowest BCUT2D eigenvalue weighted by Gasteiger charge is -2.32. The van der Waals surface area contributed by atoms with Crippen molar-refractivity contribution in [2.45, 2.75) is 26.7 Å². The van der Waals surface area contributed by atoms with Crippen LogP contribution in [0, 0.1) is 31.1 Å². The third kappa shape index (κ3) is 3.99. The number of benzene rings is 1. The fourth-order valence-electron chi connectivity index (χ4n) is 3.30. The van der Waals surface area contributed by atoms with Crippen molar-refractivity contribution >= 4 is 11.7 Å². The average Bonchev–Trinajstić information content (AvgIpc) is 2.68. The van der Waals surface area contributed by atoms with Gasteiger partial charge in [0.05, 0.1) is 0 Å². The first-order valence-corrected chi connectivity index (χ1v) is 8.90. The first kappa shape index (κ1) is 17.9. The number of rotatable bonds is 4. The summed E-state index contributed by atoms with van der Waals surface area (Å²) in [5.41, 5.74) is 3.20. The molecule has 1 aliphatic rings. The van der Waals surface area contributed by atoms with E-state index in [1.807, 2.05) is 32.0 Å². The Balaban J connectivity index is 1.54. The second-order valence-electron chi connectivity index (χ2n) is 6.80. The van der Waals surface area contributed by atoms with Crippen LogP contribution in [0.25, 0.3) is 0 Å². The Morgan fingerprint density at radius 1 is 1.27 bits per heavy atom. The molecule has 0 unspecified atom stereocenters. The van der Waals surface area contributed by atoms with E-state index in [4.69, 9.17) is 5.26 Å². The van der Waals surface area contributed by atoms with Gasteiger partial charge in [-0.15, -0.1) is 0 Å². The number of carbonyl (C=O) groups is 1. The van der Waals surface area contributed by atoms with Gasteiger partial charge < -0.3 is 10.2 Å². The molecule has 2 aromatic rings. The van der Waals surface area contributed by atoms with E-state index in [0.29, 0.717) is 24.0 Å². The Morgan fingerprint density at radius 3 is 2.73 bits per heavy atom. The van der Waals surface area contributed by atoms with E-state index in [2.05, 4.69) is 26.3 Å². The number of hydrogen-bond donors (Lipinski definition) is 1. The highest BCUT2D eigenvalue weighted by Gasteiger charge is 2.23. The first-order valence-electron chi connectivity index (χ1n) is 8.90. The van der Waals surface area contributed by atoms with E-state index in [9.17, 15) is 4.79 Å². The van der Waals surface area contributed by atoms with Crippen molar-refractivity contribution in [2.75, 3.05) is 24.5 Å². The van der Waals surface area contributed by atoms with Crippen molar-refractivity contribution in [1.29, 1.82) is 5.26 Å². The van der Waals surface area contributed by atoms with E-state index in [0.717, 1.165) is 42.6 Å². The van der Waals surface area contributed by atoms with Gasteiger partial charge in [0.15, 0.2) is 11.5 Å². The van der Waals surface area contributed by atoms with Crippen LogP contribution in [-0.2, 0) is 0 Å². The SMILES string of the molecule is Cc1ccc(C)c(C(=O)NCC2CCN(c3nccnc3C#N)CC2)c1. The van der Waals surface area contributed by atoms with Crippen LogP contribution in [0.5, 0.6) is 0 Å². The Kier molecular flexibility index (Phi) is 5.47. The number of aromatic nitrogens is 2. The molecule has 0 saturated carbocycles. The predicted molar refractivity (Wildman–Crippen MR) is 99.9 cm³/mol. The molecule has 26 heavy (non-hydrogen) atoms. The summed E-state index contributed by atoms with van der Waals surface area (Å²) in [5.74, 6) is 1.09. The molecule has 0 radical (unpaired) electrons. The molecule has 3 rings (SSSR count). The van der Waals surface area contributed by atoms with Crippen LogP contribution in [0.1, 0.15) is 40.0 Å². The summed E-state index contributed by atoms with van der Waals surface area (Å²) in [6.07, 6.45) is 5.06. The zero-order chi connectivity index (χ0) is 18.5. The van der Waals surface area contributed by atoms with Crippen LogP contribution in [0.2, 0.25) is 0 Å². The molecule has 0 bridgehead atoms. The Morgan fingerprint density at radius 2 is 2.00 bits per heavy atom. The highest BCUT2D eigenvalue weighted by atomic mass is 16.1. The highest BCUT2D eigenvalue weighted by Crippen LogP contribution is 2.23. The van der Waals surface area contributed by atoms with Gasteiger partial charge in [-0.25, -0.2) is 9.97 Å². The third-order valence-electron chi connectivity index (χ3n) is 4.89. The van der Waals surface area contributed by atoms with Crippen LogP contribution in [0.3, 0.4) is 0 Å². The summed E-state index contributed by atoms with van der Waals surface area (Å²) >= 11 is 0. The van der Waals surface area contributed by atoms with Gasteiger partial charge in [0, 0.05) is 37.6 Å². The molecule has 1 saturated heterocycles. The number of piperidine rings is 1. The van der Waals surface area contributed by atoms with Gasteiger partial charge in [0.25, 0.3) is 5.91 Å². The Bertz CT molecular complexity index is 834. The van der Waals surface area contributed by atoms with Crippen molar-refractivity contribution < 1.29 is 4.79 Å². The van der Waals surface area contributed by atoms with Crippen LogP contribution < -0.4 is 10.2 Å². The van der Waals surface area contributed by atoms with Crippen molar-refractivity contribution in [3.63, 3.8) is 0 Å². The van der Waals surface area contributed by atoms with Crippen molar-refractivity contribution in [2.24, 2.45) is 5.92 Å². The summed E-state index contributed by atoms with van der Waals surface area (Å²) in [7, 11) is 0. The van der Waals surface area contributed by atoms with E-state index < -0.39 is 0 Å². The number of aryl methyl sites for hydroxylation is 2. The van der Waals surface area contributed by atoms with Gasteiger partial charge in [0.1, 0.15) is 6.07 Å². The van der Waals surface area contributed by atoms with Gasteiger partial charge >= 0.3 is 0 Å². The standard InChI is InChI=1S/C20H23N5O/c1-14-3-4-15(2)17(11-14)20(26)24-13-16-5-9-25(10-6-16)19-18(12-21)22-7-8-23-19/h3-4,7-8,11,16H,5-6,9-10,13H2,1-2H3,(H,24,26). The van der Waals surface area contributed by atoms with Crippen LogP contribution in [-0.4, -0.2) is 35.5 Å². The number of hydrogen-bond acceptors (Lipinski definition) is 5. The van der Waals surface area contributed by atoms with E-state index in [-0.39, 0.29) is 5.91 Å². The fourth-order valence-corrected chi connectivity index (χ4v) is 3.30. The quantitative estimate of drug-likeness (QED) is 0.917. The first-order chi connectivity index (χ1) is 12.6. The predicted octanol–water partition coefficient (Wildman–Crippen LogP) is 2.61. The molecule has 1 aromatic carbocycles. The zero-order valence-corrected chi connectivity index (χ0v) is 15.2. The highest BCUT2D eigenvalue weighted by molar-refractivity contribution is 5.95. The average molecular weight is 349 g/mol. The van der Waals surface area contributed by atoms with Gasteiger partial charge in [-0.3, -0.25) is 4.79 Å². The minimum atomic E-state index is -0.00526. The minimum Gasteiger partial charge on any atom is -0.354 e. The molecular weight excluding hydrogens is 326 g/mol. The lowest BCUT2D eigenvalue weighted by molar-refractivity contribution is 0.0944. The molecule has 0 spiro atoms. The number of nitriles is 1. The molecule has 1 N–H and O–H groups in total. The zero-order valence-electron chi connectivity index (χ0n) is 15.2. The van der Waals surface area contributed by atoms with Crippen molar-refractivity contribution in [3.8, 4) is 6.07 Å². The topological polar surface area (TPSA) is 81.9 Å². The molecule has 1 aromatic heterocycles. The van der Waals surface area contributed by atoms with Crippen LogP contribution in [0.15, 0.2) is 30.6 Å². The molecule has 1 aliphatic heterocycles. The van der Waals surface area contributed by atoms with Crippen LogP contribution >= 0.6 is 0 Å². The van der Waals surface area contributed by atoms with Crippen LogP contribution in [0.4, 0.5) is 5.82 Å². The molecule has 1 fully saturated rings. The lowest BCUT2D eigenvalue weighted by Crippen LogP contribution is -2.39. The summed E-state index contributed by atoms with van der Waals surface area (Å²) in [4.78, 5) is 22.9. The van der Waals surface area contributed by atoms with Crippen molar-refractivity contribution in [1.82, 2.24) is 15.3 Å². The summed E-state index contributed by atoms with van der Waals surface area (Å²) in [6.45, 7) is 6.26. The number of nitrogens with zero attached hydrogens (tertiary/aromatic N) is 4. The minimum absolute atomic E-state index is 0.00526. The third-order valence-corrected chi connectivity index (χ3v) is 4.89. The summed E-state index contributed by atoms with van der Waals surface area (Å²) in [5, 5.41) is 12.2. The summed E-state index contributed by atoms with van der Waals surface area (Å²) in [6, 6.07) is 8.04. The van der Waals surface area contributed by atoms with E-state index in [1.54, 1.807) is 6.20 Å². The maximum atomic E-state index is 12.5. The smallest absolute Gasteiger partial charge is 0.251 e. The molecule has 2 heterocycles.